The van der Waals surface area contributed by atoms with Gasteiger partial charge in [-0.3, -0.25) is 19.3 Å². The molecule has 1 aromatic heterocycles. The molecule has 2 aliphatic rings. The molecule has 1 fully saturated rings. The fraction of sp³-hybridized carbons (Fsp3) is 0.367. The second-order valence-electron chi connectivity index (χ2n) is 10.4. The molecule has 1 aliphatic carbocycles. The number of nitrogens with two attached hydrogens (primary N) is 1. The van der Waals surface area contributed by atoms with E-state index in [-0.39, 0.29) is 24.1 Å². The van der Waals surface area contributed by atoms with Crippen molar-refractivity contribution < 1.29 is 14.4 Å². The van der Waals surface area contributed by atoms with Crippen LogP contribution in [-0.2, 0) is 4.79 Å². The Bertz CT molecular complexity index is 1310. The van der Waals surface area contributed by atoms with Gasteiger partial charge in [0, 0.05) is 12.1 Å². The zero-order chi connectivity index (χ0) is 26.6. The van der Waals surface area contributed by atoms with E-state index in [1.807, 2.05) is 42.6 Å². The third-order valence-corrected chi connectivity index (χ3v) is 8.53. The van der Waals surface area contributed by atoms with Crippen LogP contribution in [0.1, 0.15) is 69.3 Å². The highest BCUT2D eigenvalue weighted by Gasteiger charge is 2.35. The van der Waals surface area contributed by atoms with Crippen LogP contribution in [0, 0.1) is 18.8 Å². The first-order valence-corrected chi connectivity index (χ1v) is 14.2. The first-order chi connectivity index (χ1) is 18.4. The lowest BCUT2D eigenvalue weighted by Crippen LogP contribution is -2.35. The number of hydrogen-bond acceptors (Lipinski definition) is 5. The first-order valence-electron chi connectivity index (χ1n) is 13.3. The molecule has 2 heterocycles. The molecule has 1 saturated carbocycles. The number of carbonyl (C=O) groups is 3. The summed E-state index contributed by atoms with van der Waals surface area (Å²) >= 11 is 1.37. The molecular weight excluding hydrogens is 496 g/mol. The molecule has 0 spiro atoms. The number of nitrogens with zero attached hydrogens (tertiary/aromatic N) is 1. The fourth-order valence-corrected chi connectivity index (χ4v) is 6.25. The maximum absolute atomic E-state index is 13.8. The molecule has 8 heteroatoms. The summed E-state index contributed by atoms with van der Waals surface area (Å²) in [6.45, 7) is 3.31. The van der Waals surface area contributed by atoms with Crippen molar-refractivity contribution in [3.63, 3.8) is 0 Å². The van der Waals surface area contributed by atoms with E-state index < -0.39 is 6.04 Å². The minimum atomic E-state index is -0.479. The molecule has 1 aliphatic heterocycles. The number of carbonyl (C=O) groups excluding carboxylic acids is 3. The predicted molar refractivity (Wildman–Crippen MR) is 152 cm³/mol. The van der Waals surface area contributed by atoms with Crippen LogP contribution in [0.15, 0.2) is 60.0 Å². The number of aryl methyl sites for hydroxylation is 1. The Morgan fingerprint density at radius 1 is 1.11 bits per heavy atom. The minimum Gasteiger partial charge on any atom is -0.352 e. The summed E-state index contributed by atoms with van der Waals surface area (Å²) in [6.07, 6.45) is 4.55. The van der Waals surface area contributed by atoms with Gasteiger partial charge in [0.2, 0.25) is 5.91 Å². The van der Waals surface area contributed by atoms with Gasteiger partial charge in [-0.2, -0.15) is 0 Å². The Kier molecular flexibility index (Phi) is 7.90. The normalized spacial score (nSPS) is 21.3. The lowest BCUT2D eigenvalue weighted by Gasteiger charge is -2.30. The molecule has 0 saturated heterocycles. The number of fused-ring (bicyclic) bond motifs is 1. The topological polar surface area (TPSA) is 105 Å². The maximum Gasteiger partial charge on any atom is 0.268 e. The highest BCUT2D eigenvalue weighted by atomic mass is 32.1. The van der Waals surface area contributed by atoms with Crippen molar-refractivity contribution in [3.8, 4) is 0 Å². The Balaban J connectivity index is 1.44. The van der Waals surface area contributed by atoms with E-state index in [4.69, 9.17) is 5.73 Å². The molecular formula is C30H34N4O3S. The Morgan fingerprint density at radius 3 is 2.63 bits per heavy atom. The second kappa shape index (κ2) is 11.5. The number of nitrogens with one attached hydrogen (secondary N) is 2. The molecule has 4 N–H and O–H groups in total. The van der Waals surface area contributed by atoms with Crippen molar-refractivity contribution in [1.29, 1.82) is 0 Å². The number of anilines is 2. The van der Waals surface area contributed by atoms with Crippen LogP contribution in [0.4, 0.5) is 11.4 Å². The molecule has 3 aromatic rings. The number of hydrogen-bond donors (Lipinski definition) is 3. The molecule has 2 aromatic carbocycles. The van der Waals surface area contributed by atoms with E-state index in [0.29, 0.717) is 46.7 Å². The van der Waals surface area contributed by atoms with Crippen LogP contribution in [0.2, 0.25) is 0 Å². The summed E-state index contributed by atoms with van der Waals surface area (Å²) in [5.74, 6) is 0.392. The zero-order valence-electron chi connectivity index (χ0n) is 21.6. The van der Waals surface area contributed by atoms with Gasteiger partial charge >= 0.3 is 0 Å². The van der Waals surface area contributed by atoms with Gasteiger partial charge in [-0.05, 0) is 79.8 Å². The van der Waals surface area contributed by atoms with Crippen molar-refractivity contribution >= 4 is 40.4 Å². The van der Waals surface area contributed by atoms with Crippen LogP contribution in [-0.4, -0.2) is 30.8 Å². The Morgan fingerprint density at radius 2 is 1.89 bits per heavy atom. The maximum atomic E-state index is 13.8. The number of amides is 3. The monoisotopic (exact) mass is 530 g/mol. The van der Waals surface area contributed by atoms with Gasteiger partial charge < -0.3 is 16.4 Å². The van der Waals surface area contributed by atoms with Crippen LogP contribution >= 0.6 is 11.3 Å². The van der Waals surface area contributed by atoms with Crippen molar-refractivity contribution in [1.82, 2.24) is 5.32 Å². The van der Waals surface area contributed by atoms with Gasteiger partial charge in [-0.25, -0.2) is 0 Å². The standard InChI is InChI=1S/C30H34N4O3S/c1-19-7-9-22(10-8-19)26-16-28(35)33-24-15-23(29(36)32-18-21-5-2-4-20(14-21)17-31)11-12-25(24)34(26)30(37)27-6-3-13-38-27/h3,6-13,15,20-21,26H,2,4-5,14,16-18,31H2,1H3,(H,32,36)(H,33,35). The number of thiophene rings is 1. The van der Waals surface area contributed by atoms with Gasteiger partial charge in [0.25, 0.3) is 11.8 Å². The summed E-state index contributed by atoms with van der Waals surface area (Å²) in [5.41, 5.74) is 9.35. The second-order valence-corrected chi connectivity index (χ2v) is 11.4. The van der Waals surface area contributed by atoms with Crippen LogP contribution in [0.5, 0.6) is 0 Å². The van der Waals surface area contributed by atoms with Crippen molar-refractivity contribution in [2.24, 2.45) is 17.6 Å². The summed E-state index contributed by atoms with van der Waals surface area (Å²) in [4.78, 5) is 42.2. The molecule has 5 rings (SSSR count). The first kappa shape index (κ1) is 26.1. The van der Waals surface area contributed by atoms with E-state index in [1.54, 1.807) is 29.2 Å². The molecule has 7 nitrogen and oxygen atoms in total. The third kappa shape index (κ3) is 5.66. The van der Waals surface area contributed by atoms with Crippen LogP contribution < -0.4 is 21.3 Å². The van der Waals surface area contributed by atoms with Gasteiger partial charge in [0.1, 0.15) is 0 Å². The molecule has 0 bridgehead atoms. The summed E-state index contributed by atoms with van der Waals surface area (Å²) < 4.78 is 0. The molecule has 38 heavy (non-hydrogen) atoms. The molecule has 198 valence electrons. The Hall–Kier alpha value is -3.49. The molecule has 3 unspecified atom stereocenters. The van der Waals surface area contributed by atoms with E-state index in [1.165, 1.54) is 11.3 Å². The summed E-state index contributed by atoms with van der Waals surface area (Å²) in [5, 5.41) is 7.89. The lowest BCUT2D eigenvalue weighted by atomic mass is 9.81. The number of rotatable bonds is 6. The zero-order valence-corrected chi connectivity index (χ0v) is 22.4. The molecule has 3 amide bonds. The van der Waals surface area contributed by atoms with Gasteiger partial charge in [-0.1, -0.05) is 42.3 Å². The van der Waals surface area contributed by atoms with Gasteiger partial charge in [-0.15, -0.1) is 11.3 Å². The molecule has 3 atom stereocenters. The minimum absolute atomic E-state index is 0.111. The number of benzene rings is 2. The van der Waals surface area contributed by atoms with Crippen molar-refractivity contribution in [2.45, 2.75) is 45.1 Å². The van der Waals surface area contributed by atoms with Gasteiger partial charge in [0.15, 0.2) is 0 Å². The lowest BCUT2D eigenvalue weighted by molar-refractivity contribution is -0.116. The average Bonchev–Trinajstić information content (AvgIpc) is 3.43. The van der Waals surface area contributed by atoms with Crippen molar-refractivity contribution in [2.75, 3.05) is 23.3 Å². The fourth-order valence-electron chi connectivity index (χ4n) is 5.59. The predicted octanol–water partition coefficient (Wildman–Crippen LogP) is 5.28. The average molecular weight is 531 g/mol. The molecule has 0 radical (unpaired) electrons. The largest absolute Gasteiger partial charge is 0.352 e. The Labute approximate surface area is 227 Å². The van der Waals surface area contributed by atoms with E-state index in [0.717, 1.165) is 36.8 Å². The summed E-state index contributed by atoms with van der Waals surface area (Å²) in [7, 11) is 0. The summed E-state index contributed by atoms with van der Waals surface area (Å²) in [6, 6.07) is 16.3. The van der Waals surface area contributed by atoms with Crippen molar-refractivity contribution in [3.05, 3.63) is 81.5 Å². The van der Waals surface area contributed by atoms with Crippen LogP contribution in [0.25, 0.3) is 0 Å². The van der Waals surface area contributed by atoms with E-state index >= 15 is 0 Å². The van der Waals surface area contributed by atoms with E-state index in [2.05, 4.69) is 10.6 Å². The third-order valence-electron chi connectivity index (χ3n) is 7.67. The smallest absolute Gasteiger partial charge is 0.268 e. The highest BCUT2D eigenvalue weighted by Crippen LogP contribution is 2.40. The van der Waals surface area contributed by atoms with Gasteiger partial charge in [0.05, 0.1) is 28.7 Å². The van der Waals surface area contributed by atoms with Crippen LogP contribution in [0.3, 0.4) is 0 Å². The quantitative estimate of drug-likeness (QED) is 0.403. The highest BCUT2D eigenvalue weighted by molar-refractivity contribution is 7.12. The SMILES string of the molecule is Cc1ccc(C2CC(=O)Nc3cc(C(=O)NCC4CCCC(CN)C4)ccc3N2C(=O)c2cccs2)cc1. The van der Waals surface area contributed by atoms with E-state index in [9.17, 15) is 14.4 Å².